The Kier molecular flexibility index (Phi) is 6.78. The van der Waals surface area contributed by atoms with Gasteiger partial charge in [0.15, 0.2) is 5.17 Å². The third kappa shape index (κ3) is 5.57. The van der Waals surface area contributed by atoms with Crippen molar-refractivity contribution in [3.05, 3.63) is 52.9 Å². The molecule has 0 bridgehead atoms. The second-order valence-electron chi connectivity index (χ2n) is 6.50. The van der Waals surface area contributed by atoms with Crippen LogP contribution in [0.5, 0.6) is 0 Å². The molecule has 12 heteroatoms. The van der Waals surface area contributed by atoms with Gasteiger partial charge in [-0.05, 0) is 36.4 Å². The lowest BCUT2D eigenvalue weighted by molar-refractivity contribution is -0.128. The van der Waals surface area contributed by atoms with Gasteiger partial charge in [0.05, 0.1) is 18.6 Å². The van der Waals surface area contributed by atoms with Crippen molar-refractivity contribution in [3.63, 3.8) is 0 Å². The number of benzene rings is 1. The fourth-order valence-electron chi connectivity index (χ4n) is 2.81. The fourth-order valence-corrected chi connectivity index (χ4v) is 4.75. The molecule has 0 aliphatic carbocycles. The molecule has 31 heavy (non-hydrogen) atoms. The van der Waals surface area contributed by atoms with Crippen LogP contribution in [0.1, 0.15) is 12.2 Å². The smallest absolute Gasteiger partial charge is 0.284 e. The summed E-state index contributed by atoms with van der Waals surface area (Å²) in [6, 6.07) is 10.7. The Bertz CT molecular complexity index is 1060. The number of carbonyl (C=O) groups excluding carboxylic acids is 3. The molecule has 2 fully saturated rings. The second kappa shape index (κ2) is 9.71. The van der Waals surface area contributed by atoms with E-state index in [2.05, 4.69) is 36.8 Å². The normalized spacial score (nSPS) is 21.2. The number of hydrogen-bond donors (Lipinski definition) is 2. The van der Waals surface area contributed by atoms with Gasteiger partial charge in [0.25, 0.3) is 5.24 Å². The van der Waals surface area contributed by atoms with Crippen LogP contribution in [-0.2, 0) is 16.1 Å². The van der Waals surface area contributed by atoms with Gasteiger partial charge in [-0.1, -0.05) is 39.5 Å². The first-order valence-corrected chi connectivity index (χ1v) is 11.8. The van der Waals surface area contributed by atoms with Crippen LogP contribution in [0.2, 0.25) is 0 Å². The zero-order valence-electron chi connectivity index (χ0n) is 15.9. The van der Waals surface area contributed by atoms with Gasteiger partial charge in [-0.15, -0.1) is 10.2 Å². The number of carbonyl (C=O) groups is 3. The molecule has 0 spiro atoms. The maximum absolute atomic E-state index is 13.0. The van der Waals surface area contributed by atoms with Crippen LogP contribution in [0.4, 0.5) is 10.5 Å². The summed E-state index contributed by atoms with van der Waals surface area (Å²) in [5, 5.41) is 13.1. The lowest BCUT2D eigenvalue weighted by Gasteiger charge is -2.14. The average Bonchev–Trinajstić information content (AvgIpc) is 3.46. The molecule has 0 radical (unpaired) electrons. The molecular weight excluding hydrogens is 506 g/mol. The Labute approximate surface area is 194 Å². The summed E-state index contributed by atoms with van der Waals surface area (Å²) in [5.41, 5.74) is 0.644. The van der Waals surface area contributed by atoms with Gasteiger partial charge in [0.1, 0.15) is 16.8 Å². The highest BCUT2D eigenvalue weighted by Gasteiger charge is 2.40. The third-order valence-corrected chi connectivity index (χ3v) is 6.73. The van der Waals surface area contributed by atoms with Crippen LogP contribution < -0.4 is 10.6 Å². The maximum Gasteiger partial charge on any atom is 0.284 e. The number of halogens is 1. The first-order valence-electron chi connectivity index (χ1n) is 9.12. The molecule has 2 aliphatic heterocycles. The van der Waals surface area contributed by atoms with Gasteiger partial charge in [0, 0.05) is 16.6 Å². The van der Waals surface area contributed by atoms with E-state index in [0.717, 1.165) is 28.0 Å². The largest absolute Gasteiger partial charge is 0.467 e. The van der Waals surface area contributed by atoms with Gasteiger partial charge in [0.2, 0.25) is 11.8 Å². The number of rotatable bonds is 6. The average molecular weight is 522 g/mol. The molecule has 2 aromatic rings. The summed E-state index contributed by atoms with van der Waals surface area (Å²) >= 11 is 5.61. The van der Waals surface area contributed by atoms with E-state index >= 15 is 0 Å². The minimum absolute atomic E-state index is 0.0175. The lowest BCUT2D eigenvalue weighted by Crippen LogP contribution is -2.33. The molecule has 1 aromatic heterocycles. The van der Waals surface area contributed by atoms with Crippen molar-refractivity contribution < 1.29 is 18.8 Å². The molecule has 3 heterocycles. The van der Waals surface area contributed by atoms with Crippen molar-refractivity contribution in [2.24, 2.45) is 10.2 Å². The SMILES string of the molecule is O=C(C[C@@H]1S/C(=N/N=C2\CSC(=O)N2)N(Cc2ccco2)C1=O)Nc1ccc(Br)cc1. The maximum atomic E-state index is 13.0. The number of nitrogens with zero attached hydrogens (tertiary/aromatic N) is 3. The molecule has 160 valence electrons. The number of furan rings is 1. The van der Waals surface area contributed by atoms with Crippen molar-refractivity contribution in [2.75, 3.05) is 11.1 Å². The molecular formula is C19H16BrN5O4S2. The molecule has 4 rings (SSSR count). The minimum atomic E-state index is -0.642. The van der Waals surface area contributed by atoms with Crippen molar-refractivity contribution in [1.29, 1.82) is 0 Å². The Morgan fingerprint density at radius 1 is 1.26 bits per heavy atom. The highest BCUT2D eigenvalue weighted by molar-refractivity contribution is 9.10. The third-order valence-electron chi connectivity index (χ3n) is 4.26. The van der Waals surface area contributed by atoms with Crippen molar-refractivity contribution in [3.8, 4) is 0 Å². The predicted molar refractivity (Wildman–Crippen MR) is 124 cm³/mol. The zero-order valence-corrected chi connectivity index (χ0v) is 19.1. The van der Waals surface area contributed by atoms with E-state index in [0.29, 0.717) is 28.2 Å². The quantitative estimate of drug-likeness (QED) is 0.560. The number of anilines is 1. The van der Waals surface area contributed by atoms with E-state index in [1.54, 1.807) is 24.3 Å². The van der Waals surface area contributed by atoms with Crippen LogP contribution in [0.3, 0.4) is 0 Å². The molecule has 3 amide bonds. The van der Waals surface area contributed by atoms with E-state index in [1.807, 2.05) is 12.1 Å². The molecule has 0 saturated carbocycles. The summed E-state index contributed by atoms with van der Waals surface area (Å²) in [6.45, 7) is 0.175. The summed E-state index contributed by atoms with van der Waals surface area (Å²) < 4.78 is 6.25. The van der Waals surface area contributed by atoms with E-state index in [1.165, 1.54) is 11.2 Å². The van der Waals surface area contributed by atoms with Crippen LogP contribution in [0.25, 0.3) is 0 Å². The molecule has 2 N–H and O–H groups in total. The van der Waals surface area contributed by atoms with Crippen LogP contribution in [0, 0.1) is 0 Å². The van der Waals surface area contributed by atoms with E-state index in [-0.39, 0.29) is 30.0 Å². The van der Waals surface area contributed by atoms with Gasteiger partial charge < -0.3 is 15.1 Å². The van der Waals surface area contributed by atoms with Gasteiger partial charge in [-0.3, -0.25) is 19.3 Å². The molecule has 1 atom stereocenters. The Morgan fingerprint density at radius 3 is 2.74 bits per heavy atom. The van der Waals surface area contributed by atoms with Gasteiger partial charge in [-0.2, -0.15) is 0 Å². The second-order valence-corrected chi connectivity index (χ2v) is 9.53. The Morgan fingerprint density at radius 2 is 2.06 bits per heavy atom. The summed E-state index contributed by atoms with van der Waals surface area (Å²) in [7, 11) is 0. The first-order chi connectivity index (χ1) is 15.0. The van der Waals surface area contributed by atoms with Gasteiger partial charge >= 0.3 is 0 Å². The van der Waals surface area contributed by atoms with Gasteiger partial charge in [-0.25, -0.2) is 0 Å². The molecule has 2 aliphatic rings. The highest BCUT2D eigenvalue weighted by Crippen LogP contribution is 2.31. The minimum Gasteiger partial charge on any atom is -0.467 e. The number of nitrogens with one attached hydrogen (secondary N) is 2. The van der Waals surface area contributed by atoms with E-state index in [4.69, 9.17) is 4.42 Å². The van der Waals surface area contributed by atoms with Crippen LogP contribution >= 0.6 is 39.5 Å². The predicted octanol–water partition coefficient (Wildman–Crippen LogP) is 3.64. The van der Waals surface area contributed by atoms with E-state index < -0.39 is 5.25 Å². The van der Waals surface area contributed by atoms with Crippen molar-refractivity contribution in [1.82, 2.24) is 10.2 Å². The molecule has 2 saturated heterocycles. The highest BCUT2D eigenvalue weighted by atomic mass is 79.9. The number of amidine groups is 2. The number of amides is 3. The summed E-state index contributed by atoms with van der Waals surface area (Å²) in [6.07, 6.45) is 1.50. The summed E-state index contributed by atoms with van der Waals surface area (Å²) in [4.78, 5) is 38.2. The van der Waals surface area contributed by atoms with Crippen molar-refractivity contribution in [2.45, 2.75) is 18.2 Å². The van der Waals surface area contributed by atoms with Crippen LogP contribution in [0.15, 0.2) is 61.8 Å². The number of thioether (sulfide) groups is 2. The van der Waals surface area contributed by atoms with Crippen LogP contribution in [-0.4, -0.2) is 44.0 Å². The first kappa shape index (κ1) is 21.7. The standard InChI is InChI=1S/C19H16BrN5O4S2/c20-11-3-5-12(6-4-11)21-16(26)8-14-17(27)25(9-13-2-1-7-29-13)18(31-14)24-23-15-10-30-19(28)22-15/h1-7,14H,8-10H2,(H,21,26)(H,22,23,28)/b24-18+/t14-/m0/s1. The fraction of sp³-hybridized carbons (Fsp3) is 0.211. The summed E-state index contributed by atoms with van der Waals surface area (Å²) in [5.74, 6) is 0.865. The Hall–Kier alpha value is -2.57. The Balaban J connectivity index is 1.48. The van der Waals surface area contributed by atoms with Crippen molar-refractivity contribution >= 4 is 73.2 Å². The number of hydrogen-bond acceptors (Lipinski definition) is 8. The van der Waals surface area contributed by atoms with E-state index in [9.17, 15) is 14.4 Å². The molecule has 0 unspecified atom stereocenters. The molecule has 1 aromatic carbocycles. The topological polar surface area (TPSA) is 116 Å². The zero-order chi connectivity index (χ0) is 21.8. The molecule has 9 nitrogen and oxygen atoms in total. The lowest BCUT2D eigenvalue weighted by atomic mass is 10.2. The monoisotopic (exact) mass is 521 g/mol.